The first-order chi connectivity index (χ1) is 12.3. The second kappa shape index (κ2) is 6.99. The Morgan fingerprint density at radius 2 is 1.85 bits per heavy atom. The first-order valence-electron chi connectivity index (χ1n) is 7.69. The third-order valence-corrected chi connectivity index (χ3v) is 4.92. The molecule has 0 spiro atoms. The van der Waals surface area contributed by atoms with E-state index in [1.807, 2.05) is 36.4 Å². The van der Waals surface area contributed by atoms with E-state index < -0.39 is 17.3 Å². The van der Waals surface area contributed by atoms with Crippen molar-refractivity contribution in [2.45, 2.75) is 23.5 Å². The van der Waals surface area contributed by atoms with Crippen molar-refractivity contribution in [3.05, 3.63) is 48.3 Å². The molecule has 1 heterocycles. The van der Waals surface area contributed by atoms with Crippen LogP contribution in [0.25, 0.3) is 10.8 Å². The van der Waals surface area contributed by atoms with Crippen LogP contribution in [0, 0.1) is 0 Å². The molecular weight excluding hydrogens is 365 g/mol. The fraction of sp³-hybridized carbons (Fsp3) is 0.235. The van der Waals surface area contributed by atoms with Crippen LogP contribution in [0.1, 0.15) is 12.7 Å². The molecule has 0 aliphatic heterocycles. The van der Waals surface area contributed by atoms with Gasteiger partial charge < -0.3 is 9.88 Å². The summed E-state index contributed by atoms with van der Waals surface area (Å²) in [6.45, 7) is 1.60. The lowest BCUT2D eigenvalue weighted by atomic mass is 10.1. The van der Waals surface area contributed by atoms with Gasteiger partial charge in [-0.25, -0.2) is 0 Å². The van der Waals surface area contributed by atoms with Crippen molar-refractivity contribution < 1.29 is 18.0 Å². The van der Waals surface area contributed by atoms with Gasteiger partial charge in [0.1, 0.15) is 0 Å². The van der Waals surface area contributed by atoms with Crippen molar-refractivity contribution in [3.63, 3.8) is 0 Å². The number of aromatic nitrogens is 3. The number of nitrogens with one attached hydrogen (secondary N) is 1. The Labute approximate surface area is 151 Å². The molecule has 1 amide bonds. The Balaban J connectivity index is 1.75. The maximum Gasteiger partial charge on any atom is 0.451 e. The summed E-state index contributed by atoms with van der Waals surface area (Å²) in [6.07, 6.45) is -4.59. The van der Waals surface area contributed by atoms with Crippen LogP contribution in [-0.2, 0) is 18.0 Å². The summed E-state index contributed by atoms with van der Waals surface area (Å²) in [7, 11) is 1.22. The smallest absolute Gasteiger partial charge is 0.325 e. The van der Waals surface area contributed by atoms with E-state index in [4.69, 9.17) is 0 Å². The van der Waals surface area contributed by atoms with Crippen molar-refractivity contribution in [1.29, 1.82) is 0 Å². The number of halogens is 3. The maximum absolute atomic E-state index is 12.8. The SMILES string of the molecule is CC(Sc1nnc(C(F)(F)F)n1C)C(=O)Nc1cccc2ccccc12. The molecule has 0 radical (unpaired) electrons. The number of thioether (sulfide) groups is 1. The molecule has 3 rings (SSSR count). The molecular formula is C17H15F3N4OS. The second-order valence-electron chi connectivity index (χ2n) is 5.64. The highest BCUT2D eigenvalue weighted by Crippen LogP contribution is 2.31. The minimum Gasteiger partial charge on any atom is -0.325 e. The Kier molecular flexibility index (Phi) is 4.90. The number of nitrogens with zero attached hydrogens (tertiary/aromatic N) is 3. The summed E-state index contributed by atoms with van der Waals surface area (Å²) in [4.78, 5) is 12.5. The first kappa shape index (κ1) is 18.2. The number of carbonyl (C=O) groups is 1. The fourth-order valence-corrected chi connectivity index (χ4v) is 3.26. The van der Waals surface area contributed by atoms with Gasteiger partial charge in [-0.2, -0.15) is 13.2 Å². The van der Waals surface area contributed by atoms with Gasteiger partial charge in [0.05, 0.1) is 5.25 Å². The summed E-state index contributed by atoms with van der Waals surface area (Å²) in [5, 5.41) is 10.8. The molecule has 1 aromatic heterocycles. The van der Waals surface area contributed by atoms with Gasteiger partial charge >= 0.3 is 6.18 Å². The average Bonchev–Trinajstić information content (AvgIpc) is 2.96. The number of amides is 1. The molecule has 0 fully saturated rings. The molecule has 136 valence electrons. The Bertz CT molecular complexity index is 949. The molecule has 0 aliphatic carbocycles. The lowest BCUT2D eigenvalue weighted by Gasteiger charge is -2.13. The third kappa shape index (κ3) is 3.67. The summed E-state index contributed by atoms with van der Waals surface area (Å²) < 4.78 is 39.2. The van der Waals surface area contributed by atoms with Gasteiger partial charge in [-0.1, -0.05) is 48.2 Å². The predicted octanol–water partition coefficient (Wildman–Crippen LogP) is 4.11. The molecule has 5 nitrogen and oxygen atoms in total. The molecule has 1 N–H and O–H groups in total. The largest absolute Gasteiger partial charge is 0.451 e. The van der Waals surface area contributed by atoms with Gasteiger partial charge in [0.2, 0.25) is 11.7 Å². The molecule has 1 unspecified atom stereocenters. The number of fused-ring (bicyclic) bond motifs is 1. The number of carbonyl (C=O) groups excluding carboxylic acids is 1. The summed E-state index contributed by atoms with van der Waals surface area (Å²) in [6, 6.07) is 13.1. The van der Waals surface area contributed by atoms with E-state index in [2.05, 4.69) is 15.5 Å². The standard InChI is InChI=1S/C17H15F3N4OS/c1-10(26-16-23-22-15(24(16)2)17(18,19)20)14(25)21-13-9-5-7-11-6-3-4-8-12(11)13/h3-10H,1-2H3,(H,21,25). The number of benzene rings is 2. The van der Waals surface area contributed by atoms with Crippen LogP contribution >= 0.6 is 11.8 Å². The zero-order chi connectivity index (χ0) is 18.9. The quantitative estimate of drug-likeness (QED) is 0.692. The molecule has 3 aromatic rings. The number of anilines is 1. The average molecular weight is 380 g/mol. The monoisotopic (exact) mass is 380 g/mol. The molecule has 1 atom stereocenters. The zero-order valence-electron chi connectivity index (χ0n) is 13.9. The number of hydrogen-bond acceptors (Lipinski definition) is 4. The Morgan fingerprint density at radius 1 is 1.15 bits per heavy atom. The zero-order valence-corrected chi connectivity index (χ0v) is 14.7. The molecule has 2 aromatic carbocycles. The van der Waals surface area contributed by atoms with Crippen LogP contribution in [0.2, 0.25) is 0 Å². The van der Waals surface area contributed by atoms with Crippen molar-refractivity contribution in [2.24, 2.45) is 7.05 Å². The van der Waals surface area contributed by atoms with Gasteiger partial charge in [0.15, 0.2) is 5.16 Å². The van der Waals surface area contributed by atoms with Crippen molar-refractivity contribution in [2.75, 3.05) is 5.32 Å². The van der Waals surface area contributed by atoms with E-state index in [0.29, 0.717) is 5.69 Å². The third-order valence-electron chi connectivity index (χ3n) is 3.79. The van der Waals surface area contributed by atoms with Gasteiger partial charge in [-0.3, -0.25) is 4.79 Å². The van der Waals surface area contributed by atoms with Crippen molar-refractivity contribution in [1.82, 2.24) is 14.8 Å². The summed E-state index contributed by atoms with van der Waals surface area (Å²) in [5.41, 5.74) is 0.648. The van der Waals surface area contributed by atoms with Gasteiger partial charge in [-0.15, -0.1) is 10.2 Å². The Morgan fingerprint density at radius 3 is 2.54 bits per heavy atom. The highest BCUT2D eigenvalue weighted by molar-refractivity contribution is 8.00. The van der Waals surface area contributed by atoms with Gasteiger partial charge in [-0.05, 0) is 18.4 Å². The predicted molar refractivity (Wildman–Crippen MR) is 93.9 cm³/mol. The van der Waals surface area contributed by atoms with Crippen LogP contribution < -0.4 is 5.32 Å². The van der Waals surface area contributed by atoms with Crippen LogP contribution in [0.3, 0.4) is 0 Å². The number of alkyl halides is 3. The van der Waals surface area contributed by atoms with E-state index in [1.54, 1.807) is 13.0 Å². The van der Waals surface area contributed by atoms with Crippen molar-refractivity contribution in [3.8, 4) is 0 Å². The lowest BCUT2D eigenvalue weighted by Crippen LogP contribution is -2.23. The van der Waals surface area contributed by atoms with Crippen LogP contribution in [0.4, 0.5) is 18.9 Å². The Hall–Kier alpha value is -2.55. The van der Waals surface area contributed by atoms with Gasteiger partial charge in [0.25, 0.3) is 0 Å². The van der Waals surface area contributed by atoms with Crippen LogP contribution in [0.5, 0.6) is 0 Å². The number of rotatable bonds is 4. The molecule has 0 aliphatic rings. The molecule has 0 bridgehead atoms. The normalized spacial score (nSPS) is 13.0. The highest BCUT2D eigenvalue weighted by Gasteiger charge is 2.37. The van der Waals surface area contributed by atoms with E-state index in [9.17, 15) is 18.0 Å². The highest BCUT2D eigenvalue weighted by atomic mass is 32.2. The molecule has 9 heteroatoms. The summed E-state index contributed by atoms with van der Waals surface area (Å²) in [5.74, 6) is -1.43. The maximum atomic E-state index is 12.8. The fourth-order valence-electron chi connectivity index (χ4n) is 2.44. The molecule has 0 saturated carbocycles. The summed E-state index contributed by atoms with van der Waals surface area (Å²) >= 11 is 0.917. The molecule has 0 saturated heterocycles. The topological polar surface area (TPSA) is 59.8 Å². The van der Waals surface area contributed by atoms with Crippen molar-refractivity contribution >= 4 is 34.1 Å². The molecule has 26 heavy (non-hydrogen) atoms. The minimum atomic E-state index is -4.59. The van der Waals surface area contributed by atoms with Crippen LogP contribution in [0.15, 0.2) is 47.6 Å². The number of hydrogen-bond donors (Lipinski definition) is 1. The van der Waals surface area contributed by atoms with Crippen LogP contribution in [-0.4, -0.2) is 25.9 Å². The first-order valence-corrected chi connectivity index (χ1v) is 8.57. The van der Waals surface area contributed by atoms with Gasteiger partial charge in [0, 0.05) is 18.1 Å². The van der Waals surface area contributed by atoms with E-state index in [0.717, 1.165) is 27.1 Å². The van der Waals surface area contributed by atoms with E-state index in [1.165, 1.54) is 7.05 Å². The minimum absolute atomic E-state index is 0.0258. The lowest BCUT2D eigenvalue weighted by molar-refractivity contribution is -0.147. The van der Waals surface area contributed by atoms with E-state index >= 15 is 0 Å². The second-order valence-corrected chi connectivity index (χ2v) is 6.95. The van der Waals surface area contributed by atoms with E-state index in [-0.39, 0.29) is 11.1 Å².